The third-order valence-corrected chi connectivity index (χ3v) is 3.41. The minimum absolute atomic E-state index is 0.00501. The molecule has 2 rings (SSSR count). The van der Waals surface area contributed by atoms with Crippen molar-refractivity contribution >= 4 is 33.6 Å². The van der Waals surface area contributed by atoms with Gasteiger partial charge in [-0.05, 0) is 34.8 Å². The fraction of sp³-hybridized carbons (Fsp3) is 0.333. The molecule has 1 aromatic rings. The van der Waals surface area contributed by atoms with Crippen LogP contribution in [0, 0.1) is 11.6 Å². The Labute approximate surface area is 121 Å². The zero-order valence-electron chi connectivity index (χ0n) is 10.2. The number of amides is 2. The highest BCUT2D eigenvalue weighted by molar-refractivity contribution is 9.10. The Morgan fingerprint density at radius 1 is 1.35 bits per heavy atom. The van der Waals surface area contributed by atoms with E-state index in [2.05, 4.69) is 21.2 Å². The molecule has 108 valence electrons. The smallest absolute Gasteiger partial charge is 0.323 e. The summed E-state index contributed by atoms with van der Waals surface area (Å²) in [6.45, 7) is -0.458. The zero-order chi connectivity index (χ0) is 14.9. The van der Waals surface area contributed by atoms with Gasteiger partial charge in [-0.1, -0.05) is 0 Å². The predicted octanol–water partition coefficient (Wildman–Crippen LogP) is 2.81. The molecule has 2 amide bonds. The Morgan fingerprint density at radius 2 is 2.00 bits per heavy atom. The van der Waals surface area contributed by atoms with Crippen LogP contribution in [0.1, 0.15) is 12.8 Å². The molecule has 0 saturated heterocycles. The highest BCUT2D eigenvalue weighted by Crippen LogP contribution is 2.28. The van der Waals surface area contributed by atoms with Crippen LogP contribution in [0.2, 0.25) is 0 Å². The van der Waals surface area contributed by atoms with Gasteiger partial charge in [0.25, 0.3) is 0 Å². The number of hydrogen-bond donors (Lipinski definition) is 2. The SMILES string of the molecule is O=C(O)CN(C(=O)Nc1cc(Br)c(F)cc1F)C1CC1. The lowest BCUT2D eigenvalue weighted by atomic mass is 10.3. The van der Waals surface area contributed by atoms with E-state index in [0.29, 0.717) is 6.07 Å². The number of carboxylic acid groups (broad SMARTS) is 1. The zero-order valence-corrected chi connectivity index (χ0v) is 11.8. The highest BCUT2D eigenvalue weighted by Gasteiger charge is 2.34. The quantitative estimate of drug-likeness (QED) is 0.822. The first kappa shape index (κ1) is 14.7. The van der Waals surface area contributed by atoms with Gasteiger partial charge in [0.15, 0.2) is 0 Å². The van der Waals surface area contributed by atoms with E-state index in [0.717, 1.165) is 23.8 Å². The van der Waals surface area contributed by atoms with Gasteiger partial charge in [0.05, 0.1) is 10.2 Å². The summed E-state index contributed by atoms with van der Waals surface area (Å²) in [6.07, 6.45) is 1.44. The van der Waals surface area contributed by atoms with Gasteiger partial charge < -0.3 is 15.3 Å². The summed E-state index contributed by atoms with van der Waals surface area (Å²) in [5.41, 5.74) is -0.209. The minimum Gasteiger partial charge on any atom is -0.480 e. The normalized spacial score (nSPS) is 13.9. The Kier molecular flexibility index (Phi) is 4.22. The maximum absolute atomic E-state index is 13.5. The maximum Gasteiger partial charge on any atom is 0.323 e. The number of carboxylic acids is 1. The van der Waals surface area contributed by atoms with Crippen molar-refractivity contribution in [2.75, 3.05) is 11.9 Å². The molecule has 2 N–H and O–H groups in total. The number of nitrogens with zero attached hydrogens (tertiary/aromatic N) is 1. The van der Waals surface area contributed by atoms with Gasteiger partial charge in [0.1, 0.15) is 18.2 Å². The molecular formula is C12H11BrF2N2O3. The highest BCUT2D eigenvalue weighted by atomic mass is 79.9. The van der Waals surface area contributed by atoms with E-state index in [1.54, 1.807) is 0 Å². The second-order valence-corrected chi connectivity index (χ2v) is 5.28. The first-order valence-electron chi connectivity index (χ1n) is 5.82. The fourth-order valence-electron chi connectivity index (χ4n) is 1.70. The molecule has 0 aromatic heterocycles. The van der Waals surface area contributed by atoms with Crippen LogP contribution < -0.4 is 5.32 Å². The topological polar surface area (TPSA) is 69.6 Å². The number of anilines is 1. The molecule has 0 spiro atoms. The van der Waals surface area contributed by atoms with Crippen molar-refractivity contribution < 1.29 is 23.5 Å². The van der Waals surface area contributed by atoms with Crippen molar-refractivity contribution in [1.29, 1.82) is 0 Å². The number of rotatable bonds is 4. The van der Waals surface area contributed by atoms with Gasteiger partial charge in [-0.2, -0.15) is 0 Å². The van der Waals surface area contributed by atoms with Crippen molar-refractivity contribution in [3.63, 3.8) is 0 Å². The van der Waals surface area contributed by atoms with Crippen LogP contribution in [0.25, 0.3) is 0 Å². The van der Waals surface area contributed by atoms with Crippen LogP contribution in [0.5, 0.6) is 0 Å². The number of nitrogens with one attached hydrogen (secondary N) is 1. The third kappa shape index (κ3) is 3.44. The minimum atomic E-state index is -1.15. The second-order valence-electron chi connectivity index (χ2n) is 4.43. The predicted molar refractivity (Wildman–Crippen MR) is 70.4 cm³/mol. The summed E-state index contributed by atoms with van der Waals surface area (Å²) >= 11 is 2.89. The molecule has 1 fully saturated rings. The molecule has 1 saturated carbocycles. The Hall–Kier alpha value is -1.70. The third-order valence-electron chi connectivity index (χ3n) is 2.81. The molecule has 8 heteroatoms. The summed E-state index contributed by atoms with van der Waals surface area (Å²) in [7, 11) is 0. The first-order chi connectivity index (χ1) is 9.38. The van der Waals surface area contributed by atoms with E-state index >= 15 is 0 Å². The number of halogens is 3. The fourth-order valence-corrected chi connectivity index (χ4v) is 2.05. The van der Waals surface area contributed by atoms with Gasteiger partial charge >= 0.3 is 12.0 Å². The van der Waals surface area contributed by atoms with Crippen molar-refractivity contribution in [2.45, 2.75) is 18.9 Å². The van der Waals surface area contributed by atoms with E-state index in [9.17, 15) is 18.4 Å². The number of aliphatic carboxylic acids is 1. The van der Waals surface area contributed by atoms with Gasteiger partial charge in [0.2, 0.25) is 0 Å². The number of carbonyl (C=O) groups is 2. The van der Waals surface area contributed by atoms with Gasteiger partial charge in [-0.25, -0.2) is 13.6 Å². The lowest BCUT2D eigenvalue weighted by molar-refractivity contribution is -0.137. The molecule has 0 bridgehead atoms. The van der Waals surface area contributed by atoms with Crippen LogP contribution in [0.3, 0.4) is 0 Å². The van der Waals surface area contributed by atoms with Gasteiger partial charge in [-0.3, -0.25) is 4.79 Å². The van der Waals surface area contributed by atoms with E-state index in [1.807, 2.05) is 0 Å². The largest absolute Gasteiger partial charge is 0.480 e. The Bertz CT molecular complexity index is 564. The number of urea groups is 1. The molecule has 0 aliphatic heterocycles. The molecule has 5 nitrogen and oxygen atoms in total. The standard InChI is InChI=1S/C12H11BrF2N2O3/c13-7-3-10(9(15)4-8(7)14)16-12(20)17(5-11(18)19)6-1-2-6/h3-4,6H,1-2,5H2,(H,16,20)(H,18,19). The molecule has 0 heterocycles. The van der Waals surface area contributed by atoms with E-state index in [1.165, 1.54) is 0 Å². The number of benzene rings is 1. The molecule has 20 heavy (non-hydrogen) atoms. The Morgan fingerprint density at radius 3 is 2.55 bits per heavy atom. The first-order valence-corrected chi connectivity index (χ1v) is 6.61. The van der Waals surface area contributed by atoms with Crippen molar-refractivity contribution in [2.24, 2.45) is 0 Å². The van der Waals surface area contributed by atoms with Crippen LogP contribution in [0.15, 0.2) is 16.6 Å². The van der Waals surface area contributed by atoms with Crippen molar-refractivity contribution in [1.82, 2.24) is 4.90 Å². The average molecular weight is 349 g/mol. The second kappa shape index (κ2) is 5.74. The Balaban J connectivity index is 2.13. The van der Waals surface area contributed by atoms with E-state index in [4.69, 9.17) is 5.11 Å². The summed E-state index contributed by atoms with van der Waals surface area (Å²) < 4.78 is 26.6. The van der Waals surface area contributed by atoms with Crippen LogP contribution >= 0.6 is 15.9 Å². The average Bonchev–Trinajstić information content (AvgIpc) is 3.16. The molecule has 0 atom stereocenters. The maximum atomic E-state index is 13.5. The number of carbonyl (C=O) groups excluding carboxylic acids is 1. The molecule has 0 unspecified atom stereocenters. The van der Waals surface area contributed by atoms with Crippen molar-refractivity contribution in [3.8, 4) is 0 Å². The number of hydrogen-bond acceptors (Lipinski definition) is 2. The lowest BCUT2D eigenvalue weighted by Crippen LogP contribution is -2.40. The molecule has 1 aromatic carbocycles. The van der Waals surface area contributed by atoms with Crippen LogP contribution in [0.4, 0.5) is 19.3 Å². The lowest BCUT2D eigenvalue weighted by Gasteiger charge is -2.21. The van der Waals surface area contributed by atoms with Crippen LogP contribution in [-0.2, 0) is 4.79 Å². The molecule has 1 aliphatic rings. The summed E-state index contributed by atoms with van der Waals surface area (Å²) in [4.78, 5) is 23.8. The summed E-state index contributed by atoms with van der Waals surface area (Å²) in [5.74, 6) is -2.86. The van der Waals surface area contributed by atoms with Crippen molar-refractivity contribution in [3.05, 3.63) is 28.2 Å². The molecule has 0 radical (unpaired) electrons. The van der Waals surface area contributed by atoms with Crippen LogP contribution in [-0.4, -0.2) is 34.6 Å². The monoisotopic (exact) mass is 348 g/mol. The molecular weight excluding hydrogens is 338 g/mol. The molecule has 1 aliphatic carbocycles. The summed E-state index contributed by atoms with van der Waals surface area (Å²) in [6, 6.07) is 0.873. The summed E-state index contributed by atoms with van der Waals surface area (Å²) in [5, 5.41) is 11.0. The van der Waals surface area contributed by atoms with E-state index < -0.39 is 30.2 Å². The van der Waals surface area contributed by atoms with E-state index in [-0.39, 0.29) is 16.2 Å². The van der Waals surface area contributed by atoms with Gasteiger partial charge in [0, 0.05) is 12.1 Å². The van der Waals surface area contributed by atoms with Gasteiger partial charge in [-0.15, -0.1) is 0 Å².